The van der Waals surface area contributed by atoms with Gasteiger partial charge in [0.2, 0.25) is 0 Å². The molecule has 0 saturated carbocycles. The van der Waals surface area contributed by atoms with Crippen molar-refractivity contribution in [1.29, 1.82) is 0 Å². The highest BCUT2D eigenvalue weighted by Gasteiger charge is 2.37. The van der Waals surface area contributed by atoms with Crippen molar-refractivity contribution < 1.29 is 22.3 Å². The van der Waals surface area contributed by atoms with Crippen molar-refractivity contribution in [2.75, 3.05) is 18.0 Å². The molecule has 0 radical (unpaired) electrons. The number of benzene rings is 3. The van der Waals surface area contributed by atoms with Crippen LogP contribution in [-0.4, -0.2) is 43.7 Å². The number of ether oxygens (including phenoxy) is 1. The van der Waals surface area contributed by atoms with Gasteiger partial charge < -0.3 is 4.74 Å². The molecular formula is C31H25FN4O4S2. The summed E-state index contributed by atoms with van der Waals surface area (Å²) in [5, 5.41) is 9.04. The molecule has 8 nitrogen and oxygen atoms in total. The Morgan fingerprint density at radius 3 is 2.55 bits per heavy atom. The normalized spacial score (nSPS) is 15.0. The standard InChI is InChI=1S/C31H25FN4O4S2/c1-40-25-13-11-24(12-14-25)35(42(38,39)30-6-2-4-22-19-33-16-15-26(22)30)20-31(37)36-28(21-7-9-23(32)10-8-21)18-27(34-36)29-5-3-17-41-29/h2-17,19,28H,18,20H2,1H3. The second kappa shape index (κ2) is 11.3. The molecular weight excluding hydrogens is 575 g/mol. The molecule has 3 heterocycles. The van der Waals surface area contributed by atoms with Crippen molar-refractivity contribution >= 4 is 49.4 Å². The summed E-state index contributed by atoms with van der Waals surface area (Å²) in [7, 11) is -2.73. The van der Waals surface area contributed by atoms with E-state index in [0.29, 0.717) is 34.2 Å². The van der Waals surface area contributed by atoms with E-state index in [0.717, 1.165) is 9.18 Å². The maximum absolute atomic E-state index is 14.3. The number of amides is 1. The summed E-state index contributed by atoms with van der Waals surface area (Å²) < 4.78 is 48.7. The number of nitrogens with zero attached hydrogens (tertiary/aromatic N) is 4. The van der Waals surface area contributed by atoms with Crippen molar-refractivity contribution in [3.8, 4) is 5.75 Å². The van der Waals surface area contributed by atoms with Crippen LogP contribution in [0.15, 0.2) is 113 Å². The first-order chi connectivity index (χ1) is 20.3. The lowest BCUT2D eigenvalue weighted by atomic mass is 10.0. The number of hydrogen-bond donors (Lipinski definition) is 0. The van der Waals surface area contributed by atoms with E-state index in [9.17, 15) is 17.6 Å². The number of halogens is 1. The third-order valence-corrected chi connectivity index (χ3v) is 9.83. The molecule has 1 amide bonds. The van der Waals surface area contributed by atoms with Crippen LogP contribution < -0.4 is 9.04 Å². The number of rotatable bonds is 8. The van der Waals surface area contributed by atoms with Gasteiger partial charge in [-0.15, -0.1) is 11.3 Å². The number of anilines is 1. The number of sulfonamides is 1. The van der Waals surface area contributed by atoms with Gasteiger partial charge in [0.25, 0.3) is 15.9 Å². The third kappa shape index (κ3) is 5.24. The maximum Gasteiger partial charge on any atom is 0.265 e. The topological polar surface area (TPSA) is 92.2 Å². The minimum Gasteiger partial charge on any atom is -0.497 e. The van der Waals surface area contributed by atoms with E-state index in [-0.39, 0.29) is 10.6 Å². The lowest BCUT2D eigenvalue weighted by molar-refractivity contribution is -0.131. The largest absolute Gasteiger partial charge is 0.497 e. The molecule has 42 heavy (non-hydrogen) atoms. The number of carbonyl (C=O) groups excluding carboxylic acids is 1. The highest BCUT2D eigenvalue weighted by molar-refractivity contribution is 7.93. The summed E-state index contributed by atoms with van der Waals surface area (Å²) in [4.78, 5) is 19.1. The van der Waals surface area contributed by atoms with Gasteiger partial charge in [-0.05, 0) is 65.5 Å². The molecule has 1 aliphatic rings. The van der Waals surface area contributed by atoms with E-state index in [1.807, 2.05) is 17.5 Å². The predicted molar refractivity (Wildman–Crippen MR) is 161 cm³/mol. The molecule has 0 bridgehead atoms. The number of thiophene rings is 1. The van der Waals surface area contributed by atoms with Crippen LogP contribution in [0.1, 0.15) is 22.9 Å². The fourth-order valence-corrected chi connectivity index (χ4v) is 7.32. The number of aromatic nitrogens is 1. The Morgan fingerprint density at radius 1 is 1.05 bits per heavy atom. The zero-order valence-corrected chi connectivity index (χ0v) is 24.1. The molecule has 3 aromatic carbocycles. The number of fused-ring (bicyclic) bond motifs is 1. The Hall–Kier alpha value is -4.61. The average Bonchev–Trinajstić information content (AvgIpc) is 3.71. The molecule has 2 aromatic heterocycles. The summed E-state index contributed by atoms with van der Waals surface area (Å²) >= 11 is 1.50. The van der Waals surface area contributed by atoms with E-state index in [1.54, 1.807) is 60.8 Å². The Balaban J connectivity index is 1.42. The van der Waals surface area contributed by atoms with Crippen LogP contribution in [0.25, 0.3) is 10.8 Å². The summed E-state index contributed by atoms with van der Waals surface area (Å²) in [6, 6.07) is 22.3. The quantitative estimate of drug-likeness (QED) is 0.217. The molecule has 0 aliphatic carbocycles. The number of hydrazone groups is 1. The minimum absolute atomic E-state index is 0.0466. The van der Waals surface area contributed by atoms with Crippen molar-refractivity contribution in [2.24, 2.45) is 5.10 Å². The monoisotopic (exact) mass is 600 g/mol. The average molecular weight is 601 g/mol. The number of hydrogen-bond acceptors (Lipinski definition) is 7. The Labute approximate surface area is 246 Å². The van der Waals surface area contributed by atoms with Gasteiger partial charge >= 0.3 is 0 Å². The fourth-order valence-electron chi connectivity index (χ4n) is 4.97. The van der Waals surface area contributed by atoms with Crippen LogP contribution >= 0.6 is 11.3 Å². The molecule has 0 fully saturated rings. The van der Waals surface area contributed by atoms with E-state index >= 15 is 0 Å². The second-order valence-corrected chi connectivity index (χ2v) is 12.4. The molecule has 212 valence electrons. The molecule has 0 N–H and O–H groups in total. The third-order valence-electron chi connectivity index (χ3n) is 7.07. The van der Waals surface area contributed by atoms with Gasteiger partial charge in [-0.25, -0.2) is 17.8 Å². The molecule has 5 aromatic rings. The predicted octanol–water partition coefficient (Wildman–Crippen LogP) is 6.02. The van der Waals surface area contributed by atoms with Gasteiger partial charge in [-0.2, -0.15) is 5.10 Å². The summed E-state index contributed by atoms with van der Waals surface area (Å²) in [6.07, 6.45) is 3.53. The van der Waals surface area contributed by atoms with Gasteiger partial charge in [0.15, 0.2) is 0 Å². The van der Waals surface area contributed by atoms with Crippen LogP contribution in [-0.2, 0) is 14.8 Å². The molecule has 1 aliphatic heterocycles. The first kappa shape index (κ1) is 27.6. The molecule has 11 heteroatoms. The van der Waals surface area contributed by atoms with Crippen molar-refractivity contribution in [3.05, 3.63) is 119 Å². The van der Waals surface area contributed by atoms with Crippen LogP contribution in [0.3, 0.4) is 0 Å². The van der Waals surface area contributed by atoms with Gasteiger partial charge in [0.1, 0.15) is 18.1 Å². The number of methoxy groups -OCH3 is 1. The summed E-state index contributed by atoms with van der Waals surface area (Å²) in [5.41, 5.74) is 1.68. The van der Waals surface area contributed by atoms with Crippen LogP contribution in [0.5, 0.6) is 5.75 Å². The highest BCUT2D eigenvalue weighted by Crippen LogP contribution is 2.35. The molecule has 0 spiro atoms. The lowest BCUT2D eigenvalue weighted by Gasteiger charge is -2.28. The fraction of sp³-hybridized carbons (Fsp3) is 0.129. The van der Waals surface area contributed by atoms with E-state index in [1.165, 1.54) is 47.9 Å². The second-order valence-electron chi connectivity index (χ2n) is 9.60. The van der Waals surface area contributed by atoms with Gasteiger partial charge in [0, 0.05) is 29.6 Å². The van der Waals surface area contributed by atoms with Crippen LogP contribution in [0.2, 0.25) is 0 Å². The van der Waals surface area contributed by atoms with E-state index < -0.39 is 34.3 Å². The zero-order valence-electron chi connectivity index (χ0n) is 22.4. The van der Waals surface area contributed by atoms with Gasteiger partial charge in [-0.1, -0.05) is 30.3 Å². The Morgan fingerprint density at radius 2 is 1.83 bits per heavy atom. The molecule has 6 rings (SSSR count). The highest BCUT2D eigenvalue weighted by atomic mass is 32.2. The lowest BCUT2D eigenvalue weighted by Crippen LogP contribution is -2.41. The van der Waals surface area contributed by atoms with Crippen molar-refractivity contribution in [3.63, 3.8) is 0 Å². The maximum atomic E-state index is 14.3. The van der Waals surface area contributed by atoms with Crippen LogP contribution in [0.4, 0.5) is 10.1 Å². The van der Waals surface area contributed by atoms with Crippen molar-refractivity contribution in [2.45, 2.75) is 17.4 Å². The smallest absolute Gasteiger partial charge is 0.265 e. The number of carbonyl (C=O) groups is 1. The molecule has 0 saturated heterocycles. The minimum atomic E-state index is -4.25. The molecule has 1 atom stereocenters. The summed E-state index contributed by atoms with van der Waals surface area (Å²) in [6.45, 7) is -0.519. The van der Waals surface area contributed by atoms with Crippen LogP contribution in [0, 0.1) is 5.82 Å². The van der Waals surface area contributed by atoms with E-state index in [2.05, 4.69) is 10.1 Å². The first-order valence-electron chi connectivity index (χ1n) is 13.0. The Bertz CT molecular complexity index is 1870. The summed E-state index contributed by atoms with van der Waals surface area (Å²) in [5.74, 6) is -0.381. The van der Waals surface area contributed by atoms with Crippen molar-refractivity contribution in [1.82, 2.24) is 9.99 Å². The zero-order chi connectivity index (χ0) is 29.3. The SMILES string of the molecule is COc1ccc(N(CC(=O)N2N=C(c3cccs3)CC2c2ccc(F)cc2)S(=O)(=O)c2cccc3cnccc23)cc1. The Kier molecular flexibility index (Phi) is 7.44. The first-order valence-corrected chi connectivity index (χ1v) is 15.4. The van der Waals surface area contributed by atoms with E-state index in [4.69, 9.17) is 4.74 Å². The van der Waals surface area contributed by atoms with Gasteiger partial charge in [0.05, 0.1) is 34.3 Å². The number of pyridine rings is 1. The van der Waals surface area contributed by atoms with Gasteiger partial charge in [-0.3, -0.25) is 14.1 Å². The molecule has 1 unspecified atom stereocenters.